The number of carbonyl (C=O) groups is 3. The van der Waals surface area contributed by atoms with Crippen LogP contribution in [-0.2, 0) is 4.57 Å². The van der Waals surface area contributed by atoms with E-state index in [1.807, 2.05) is 0 Å². The monoisotopic (exact) mass is 535 g/mol. The van der Waals surface area contributed by atoms with Crippen molar-refractivity contribution in [2.24, 2.45) is 0 Å². The summed E-state index contributed by atoms with van der Waals surface area (Å²) < 4.78 is 28.6. The van der Waals surface area contributed by atoms with E-state index < -0.39 is 58.8 Å². The third-order valence-electron chi connectivity index (χ3n) is 3.31. The number of aromatic carboxylic acids is 3. The first kappa shape index (κ1) is 21.1. The van der Waals surface area contributed by atoms with Crippen LogP contribution >= 0.6 is 7.14 Å². The van der Waals surface area contributed by atoms with Crippen LogP contribution < -0.4 is 31.8 Å². The van der Waals surface area contributed by atoms with Crippen LogP contribution in [0.15, 0.2) is 49.6 Å². The summed E-state index contributed by atoms with van der Waals surface area (Å²) in [4.78, 5) is 32.7. The van der Waals surface area contributed by atoms with Crippen LogP contribution in [0.1, 0.15) is 31.7 Å². The Bertz CT molecular complexity index is 938. The van der Waals surface area contributed by atoms with Gasteiger partial charge >= 0.3 is 39.9 Å². The molecule has 0 saturated carbocycles. The Morgan fingerprint density at radius 1 is 0.630 bits per heavy atom. The summed E-state index contributed by atoms with van der Waals surface area (Å²) in [6.45, 7) is 0. The van der Waals surface area contributed by atoms with Crippen LogP contribution in [0, 0.1) is 39.9 Å². The molecule has 0 unspecified atom stereocenters. The van der Waals surface area contributed by atoms with Crippen molar-refractivity contribution in [3.8, 4) is 0 Å². The Morgan fingerprint density at radius 2 is 0.889 bits per heavy atom. The molecule has 0 fully saturated rings. The predicted molar refractivity (Wildman–Crippen MR) is 75.6 cm³/mol. The molecule has 27 heavy (non-hydrogen) atoms. The number of carboxylic acids is 3. The van der Waals surface area contributed by atoms with Crippen molar-refractivity contribution in [3.05, 3.63) is 53.7 Å². The predicted octanol–water partition coefficient (Wildman–Crippen LogP) is -2.80. The normalized spacial score (nSPS) is 11.0. The molecule has 0 amide bonds. The molecule has 0 aliphatic heterocycles. The van der Waals surface area contributed by atoms with Crippen LogP contribution in [0.25, 0.3) is 0 Å². The molecule has 0 saturated heterocycles. The van der Waals surface area contributed by atoms with Gasteiger partial charge in [-0.05, 0) is 36.4 Å². The summed E-state index contributed by atoms with van der Waals surface area (Å²) in [5.74, 6) is -7.02. The molecule has 0 N–H and O–H groups in total. The van der Waals surface area contributed by atoms with Crippen LogP contribution in [-0.4, -0.2) is 17.9 Å². The maximum absolute atomic E-state index is 13.6. The van der Waals surface area contributed by atoms with E-state index in [2.05, 4.69) is 0 Å². The fraction of sp³-hybridized carbons (Fsp3) is 0. The summed E-state index contributed by atoms with van der Waals surface area (Å²) in [7, 11) is -4.21. The minimum Gasteiger partial charge on any atom is -0.542 e. The summed E-state index contributed by atoms with van der Waals surface area (Å²) in [6.07, 6.45) is 0. The zero-order chi connectivity index (χ0) is 19.1. The van der Waals surface area contributed by atoms with Gasteiger partial charge in [0, 0.05) is 0 Å². The molecule has 12 heteroatoms. The van der Waals surface area contributed by atoms with Crippen molar-refractivity contribution in [3.63, 3.8) is 0 Å². The smallest absolute Gasteiger partial charge is 0.542 e. The van der Waals surface area contributed by atoms with Crippen molar-refractivity contribution in [1.82, 2.24) is 0 Å². The molecule has 0 aliphatic carbocycles. The maximum atomic E-state index is 13.6. The number of furan rings is 3. The van der Waals surface area contributed by atoms with E-state index >= 15 is 0 Å². The molecule has 1 radical (unpaired) electrons. The Morgan fingerprint density at radius 3 is 1.07 bits per heavy atom. The van der Waals surface area contributed by atoms with Gasteiger partial charge in [-0.1, -0.05) is 0 Å². The van der Waals surface area contributed by atoms with Crippen molar-refractivity contribution < 1.29 is 87.5 Å². The molecular weight excluding hydrogens is 528 g/mol. The van der Waals surface area contributed by atoms with Crippen LogP contribution in [0.4, 0.5) is 0 Å². The molecule has 3 aromatic rings. The van der Waals surface area contributed by atoms with Gasteiger partial charge in [0.15, 0.2) is 33.8 Å². The van der Waals surface area contributed by atoms with Crippen molar-refractivity contribution >= 4 is 41.6 Å². The number of rotatable bonds is 6. The third-order valence-corrected chi connectivity index (χ3v) is 5.89. The molecule has 0 aromatic carbocycles. The van der Waals surface area contributed by atoms with E-state index in [9.17, 15) is 34.3 Å². The standard InChI is InChI=1S/C15H9O10P.Gd/c16-13(17)7-1-4-10(23-7)26(22,11-5-2-8(24-11)14(18)19)12-6-3-9(25-12)15(20)21;/h1-6H,(H,16,17)(H,18,19)(H,20,21);/q;+3/p-3. The Kier molecular flexibility index (Phi) is 6.11. The zero-order valence-corrected chi connectivity index (χ0v) is 16.0. The largest absolute Gasteiger partial charge is 3.00 e. The summed E-state index contributed by atoms with van der Waals surface area (Å²) in [5, 5.41) is 32.7. The van der Waals surface area contributed by atoms with E-state index in [-0.39, 0.29) is 39.9 Å². The second-order valence-electron chi connectivity index (χ2n) is 4.89. The van der Waals surface area contributed by atoms with Gasteiger partial charge in [0.2, 0.25) is 0 Å². The first-order chi connectivity index (χ1) is 12.2. The average molecular weight is 534 g/mol. The molecule has 0 spiro atoms. The SMILES string of the molecule is O=C([O-])c1ccc(P(=O)(c2ccc(C(=O)[O-])o2)c2ccc(C(=O)[O-])o2)o1.[Gd+3]. The first-order valence-corrected chi connectivity index (χ1v) is 8.49. The number of hydrogen-bond donors (Lipinski definition) is 0. The van der Waals surface area contributed by atoms with Gasteiger partial charge in [-0.25, -0.2) is 0 Å². The molecule has 10 nitrogen and oxygen atoms in total. The van der Waals surface area contributed by atoms with Gasteiger partial charge in [0.25, 0.3) is 7.14 Å². The fourth-order valence-corrected chi connectivity index (χ4v) is 4.33. The summed E-state index contributed by atoms with van der Waals surface area (Å²) >= 11 is 0. The summed E-state index contributed by atoms with van der Waals surface area (Å²) in [5.41, 5.74) is -1.35. The van der Waals surface area contributed by atoms with Crippen LogP contribution in [0.5, 0.6) is 0 Å². The molecule has 0 atom stereocenters. The Hall–Kier alpha value is -2.20. The van der Waals surface area contributed by atoms with Gasteiger partial charge in [-0.2, -0.15) is 0 Å². The first-order valence-electron chi connectivity index (χ1n) is 6.78. The second kappa shape index (κ2) is 7.81. The Labute approximate surface area is 181 Å². The minimum absolute atomic E-state index is 0. The summed E-state index contributed by atoms with van der Waals surface area (Å²) in [6, 6.07) is 5.99. The van der Waals surface area contributed by atoms with E-state index in [0.717, 1.165) is 36.4 Å². The van der Waals surface area contributed by atoms with Gasteiger partial charge in [-0.3, -0.25) is 4.57 Å². The number of carbonyl (C=O) groups excluding carboxylic acids is 3. The number of carboxylic acid groups (broad SMARTS) is 3. The zero-order valence-electron chi connectivity index (χ0n) is 12.8. The van der Waals surface area contributed by atoms with Gasteiger partial charge in [0.1, 0.15) is 17.9 Å². The fourth-order valence-electron chi connectivity index (χ4n) is 2.15. The van der Waals surface area contributed by atoms with Crippen molar-refractivity contribution in [2.75, 3.05) is 0 Å². The third kappa shape index (κ3) is 3.77. The van der Waals surface area contributed by atoms with E-state index in [0.29, 0.717) is 0 Å². The van der Waals surface area contributed by atoms with E-state index in [4.69, 9.17) is 13.3 Å². The quantitative estimate of drug-likeness (QED) is 0.300. The van der Waals surface area contributed by atoms with E-state index in [1.165, 1.54) is 0 Å². The molecular formula is C15H6GdO10P. The van der Waals surface area contributed by atoms with Crippen LogP contribution in [0.2, 0.25) is 0 Å². The van der Waals surface area contributed by atoms with Crippen LogP contribution in [0.3, 0.4) is 0 Å². The molecule has 0 aliphatic rings. The van der Waals surface area contributed by atoms with Gasteiger partial charge in [-0.15, -0.1) is 0 Å². The van der Waals surface area contributed by atoms with E-state index in [1.54, 1.807) is 0 Å². The molecule has 3 rings (SSSR count). The van der Waals surface area contributed by atoms with Gasteiger partial charge in [0.05, 0.1) is 0 Å². The average Bonchev–Trinajstić information content (AvgIpc) is 3.33. The molecule has 3 heterocycles. The molecule has 0 bridgehead atoms. The van der Waals surface area contributed by atoms with Crippen molar-refractivity contribution in [2.45, 2.75) is 0 Å². The number of hydrogen-bond acceptors (Lipinski definition) is 10. The topological polar surface area (TPSA) is 177 Å². The Balaban J connectivity index is 0.00000261. The molecule has 3 aromatic heterocycles. The van der Waals surface area contributed by atoms with Gasteiger partial charge < -0.3 is 43.0 Å². The van der Waals surface area contributed by atoms with Crippen molar-refractivity contribution in [1.29, 1.82) is 0 Å². The second-order valence-corrected chi connectivity index (χ2v) is 7.43. The maximum Gasteiger partial charge on any atom is 3.00 e. The minimum atomic E-state index is -4.21. The molecule has 139 valence electrons.